The smallest absolute Gasteiger partial charge is 0.356 e. The zero-order valence-electron chi connectivity index (χ0n) is 22.9. The largest absolute Gasteiger partial charge is 0.397 e. The summed E-state index contributed by atoms with van der Waals surface area (Å²) in [5, 5.41) is 22.0. The van der Waals surface area contributed by atoms with Crippen molar-refractivity contribution in [3.63, 3.8) is 0 Å². The number of nitrogens with zero attached hydrogens (tertiary/aromatic N) is 1. The van der Waals surface area contributed by atoms with Crippen LogP contribution in [0.15, 0.2) is 0 Å². The number of nitrogens with one attached hydrogen (secondary N) is 4. The first kappa shape index (κ1) is 31.8. The summed E-state index contributed by atoms with van der Waals surface area (Å²) in [5.41, 5.74) is 0. The molecule has 224 valence electrons. The first-order valence-corrected chi connectivity index (χ1v) is 15.4. The number of hydrogen-bond donors (Lipinski definition) is 5. The third-order valence-corrected chi connectivity index (χ3v) is 8.83. The van der Waals surface area contributed by atoms with E-state index in [9.17, 15) is 34.0 Å². The van der Waals surface area contributed by atoms with E-state index in [0.717, 1.165) is 44.3 Å². The van der Waals surface area contributed by atoms with E-state index in [4.69, 9.17) is 0 Å². The van der Waals surface area contributed by atoms with Gasteiger partial charge in [-0.25, -0.2) is 24.0 Å². The highest BCUT2D eigenvalue weighted by molar-refractivity contribution is 8.00. The summed E-state index contributed by atoms with van der Waals surface area (Å²) < 4.78 is 0. The van der Waals surface area contributed by atoms with Gasteiger partial charge < -0.3 is 21.3 Å². The topological polar surface area (TPSA) is 180 Å². The molecule has 3 heterocycles. The minimum absolute atomic E-state index is 0.0369. The average molecular weight is 585 g/mol. The molecule has 0 aromatic heterocycles. The van der Waals surface area contributed by atoms with Crippen molar-refractivity contribution in [1.29, 1.82) is 0 Å². The summed E-state index contributed by atoms with van der Waals surface area (Å²) in [6.45, 7) is 1.08. The van der Waals surface area contributed by atoms with Gasteiger partial charge in [-0.15, -0.1) is 0 Å². The number of carbonyl (C=O) groups is 6. The molecule has 3 aliphatic heterocycles. The maximum absolute atomic E-state index is 12.0. The van der Waals surface area contributed by atoms with Crippen LogP contribution in [0.5, 0.6) is 0 Å². The van der Waals surface area contributed by atoms with Crippen LogP contribution in [0.2, 0.25) is 0 Å². The van der Waals surface area contributed by atoms with Gasteiger partial charge in [0.15, 0.2) is 0 Å². The number of carbonyl (C=O) groups excluding carboxylic acids is 6. The Labute approximate surface area is 238 Å². The summed E-state index contributed by atoms with van der Waals surface area (Å²) in [6, 6.07) is 0.361. The highest BCUT2D eigenvalue weighted by atomic mass is 32.2. The third-order valence-electron chi connectivity index (χ3n) is 7.33. The van der Waals surface area contributed by atoms with E-state index in [1.807, 2.05) is 11.8 Å². The van der Waals surface area contributed by atoms with Gasteiger partial charge >= 0.3 is 23.8 Å². The first-order chi connectivity index (χ1) is 19.2. The van der Waals surface area contributed by atoms with E-state index in [-0.39, 0.29) is 49.2 Å². The number of unbranched alkanes of at least 4 members (excludes halogenated alkanes) is 5. The number of urea groups is 1. The Morgan fingerprint density at radius 3 is 2.02 bits per heavy atom. The van der Waals surface area contributed by atoms with Crippen LogP contribution in [0.3, 0.4) is 0 Å². The standard InChI is InChI=1S/C26H41N5O8S/c32-20(27-16-8-2-4-12-24(36)39-31(38)22(34)13-14-23(31)35)10-3-1-7-15-28-21(33)11-6-5-9-19-25-18(17-40-19)29-26(37)30-25/h18-19,25,38H,1-17H2,(H3-,27,28,29,30,32,33,37)/p+1/t18-,19-,25-/m0/s1. The van der Waals surface area contributed by atoms with Crippen LogP contribution in [0, 0.1) is 0 Å². The lowest BCUT2D eigenvalue weighted by molar-refractivity contribution is -1.12. The molecule has 6 amide bonds. The molecule has 3 aliphatic rings. The summed E-state index contributed by atoms with van der Waals surface area (Å²) in [5.74, 6) is -1.55. The summed E-state index contributed by atoms with van der Waals surface area (Å²) in [6.07, 6.45) is 7.49. The van der Waals surface area contributed by atoms with E-state index in [1.54, 1.807) is 0 Å². The predicted molar refractivity (Wildman–Crippen MR) is 144 cm³/mol. The minimum Gasteiger partial charge on any atom is -0.356 e. The van der Waals surface area contributed by atoms with Crippen molar-refractivity contribution in [2.45, 2.75) is 107 Å². The maximum atomic E-state index is 12.0. The molecule has 0 aromatic rings. The van der Waals surface area contributed by atoms with Crippen LogP contribution in [0.1, 0.15) is 89.9 Å². The minimum atomic E-state index is -1.89. The van der Waals surface area contributed by atoms with Crippen molar-refractivity contribution in [3.8, 4) is 0 Å². The summed E-state index contributed by atoms with van der Waals surface area (Å²) in [4.78, 5) is 73.1. The fourth-order valence-corrected chi connectivity index (χ4v) is 6.56. The van der Waals surface area contributed by atoms with E-state index in [1.165, 1.54) is 0 Å². The SMILES string of the molecule is O=C(CCCCCNC(=O)CCCC[C@@H]1SC[C@@H]2NC(=O)N[C@@H]21)NCCCCCC(=O)O[N+]1(O)C(=O)CCC1=O. The molecule has 14 heteroatoms. The van der Waals surface area contributed by atoms with Gasteiger partial charge in [0, 0.05) is 36.9 Å². The van der Waals surface area contributed by atoms with Crippen molar-refractivity contribution in [1.82, 2.24) is 21.3 Å². The Morgan fingerprint density at radius 2 is 1.40 bits per heavy atom. The van der Waals surface area contributed by atoms with Gasteiger partial charge in [0.25, 0.3) is 0 Å². The molecule has 3 rings (SSSR count). The number of quaternary nitrogens is 1. The summed E-state index contributed by atoms with van der Waals surface area (Å²) >= 11 is 1.88. The number of hydrogen-bond acceptors (Lipinski definition) is 9. The van der Waals surface area contributed by atoms with Crippen molar-refractivity contribution in [3.05, 3.63) is 0 Å². The van der Waals surface area contributed by atoms with E-state index in [0.29, 0.717) is 50.4 Å². The molecule has 5 N–H and O–H groups in total. The lowest BCUT2D eigenvalue weighted by Crippen LogP contribution is -2.50. The number of amides is 6. The molecule has 0 saturated carbocycles. The zero-order valence-corrected chi connectivity index (χ0v) is 23.7. The maximum Gasteiger partial charge on any atom is 0.397 e. The Bertz CT molecular complexity index is 932. The Hall–Kier alpha value is -2.71. The predicted octanol–water partition coefficient (Wildman–Crippen LogP) is 1.58. The average Bonchev–Trinajstić information content (AvgIpc) is 3.54. The summed E-state index contributed by atoms with van der Waals surface area (Å²) in [7, 11) is 0. The van der Waals surface area contributed by atoms with Crippen LogP contribution in [-0.2, 0) is 28.8 Å². The molecule has 0 unspecified atom stereocenters. The second kappa shape index (κ2) is 15.9. The normalized spacial score (nSPS) is 22.9. The number of fused-ring (bicyclic) bond motifs is 1. The van der Waals surface area contributed by atoms with Crippen molar-refractivity contribution >= 4 is 47.4 Å². The van der Waals surface area contributed by atoms with Crippen molar-refractivity contribution in [2.75, 3.05) is 18.8 Å². The number of thioether (sulfide) groups is 1. The highest BCUT2D eigenvalue weighted by Gasteiger charge is 2.55. The molecule has 0 aliphatic carbocycles. The monoisotopic (exact) mass is 584 g/mol. The molecular weight excluding hydrogens is 542 g/mol. The van der Waals surface area contributed by atoms with Gasteiger partial charge in [-0.2, -0.15) is 17.0 Å². The van der Waals surface area contributed by atoms with Gasteiger partial charge in [0.05, 0.1) is 31.3 Å². The van der Waals surface area contributed by atoms with Gasteiger partial charge in [0.2, 0.25) is 11.8 Å². The second-order valence-electron chi connectivity index (χ2n) is 10.5. The van der Waals surface area contributed by atoms with Crippen LogP contribution < -0.4 is 21.3 Å². The lowest BCUT2D eigenvalue weighted by Gasteiger charge is -2.16. The van der Waals surface area contributed by atoms with Gasteiger partial charge in [-0.1, -0.05) is 19.3 Å². The van der Waals surface area contributed by atoms with Gasteiger partial charge in [-0.05, 0) is 38.5 Å². The molecule has 0 bridgehead atoms. The molecule has 40 heavy (non-hydrogen) atoms. The fourth-order valence-electron chi connectivity index (χ4n) is 5.02. The first-order valence-electron chi connectivity index (χ1n) is 14.3. The van der Waals surface area contributed by atoms with E-state index in [2.05, 4.69) is 26.1 Å². The highest BCUT2D eigenvalue weighted by Crippen LogP contribution is 2.33. The zero-order chi connectivity index (χ0) is 29.0. The molecule has 3 fully saturated rings. The van der Waals surface area contributed by atoms with Crippen molar-refractivity contribution in [2.24, 2.45) is 0 Å². The Kier molecular flexibility index (Phi) is 12.7. The molecule has 3 atom stereocenters. The quantitative estimate of drug-likeness (QED) is 0.0525. The number of hydroxylamine groups is 4. The molecular formula is C26H42N5O8S+. The van der Waals surface area contributed by atoms with Crippen LogP contribution in [-0.4, -0.2) is 81.8 Å². The molecule has 0 aromatic carbocycles. The van der Waals surface area contributed by atoms with Gasteiger partial charge in [-0.3, -0.25) is 9.59 Å². The van der Waals surface area contributed by atoms with Crippen LogP contribution in [0.4, 0.5) is 4.79 Å². The lowest BCUT2D eigenvalue weighted by atomic mass is 10.0. The van der Waals surface area contributed by atoms with Crippen molar-refractivity contribution < 1.29 is 43.6 Å². The number of imide groups is 1. The number of rotatable bonds is 18. The van der Waals surface area contributed by atoms with Crippen LogP contribution in [0.25, 0.3) is 0 Å². The Balaban J connectivity index is 1.08. The van der Waals surface area contributed by atoms with E-state index < -0.39 is 22.6 Å². The third kappa shape index (κ3) is 9.73. The van der Waals surface area contributed by atoms with Gasteiger partial charge in [0.1, 0.15) is 4.81 Å². The fraction of sp³-hybridized carbons (Fsp3) is 0.769. The molecule has 13 nitrogen and oxygen atoms in total. The second-order valence-corrected chi connectivity index (χ2v) is 11.8. The molecule has 0 spiro atoms. The Morgan fingerprint density at radius 1 is 0.825 bits per heavy atom. The van der Waals surface area contributed by atoms with Crippen LogP contribution >= 0.6 is 11.8 Å². The van der Waals surface area contributed by atoms with E-state index >= 15 is 0 Å². The molecule has 0 radical (unpaired) electrons. The molecule has 3 saturated heterocycles.